The Hall–Kier alpha value is -2.66. The SMILES string of the molecule is Cc1c(Nc2ccnc3ccc(S(=O)(=O)C4CCOCC4)cc23)n[nH]c1C(F)(F)F. The van der Waals surface area contributed by atoms with Crippen molar-refractivity contribution in [2.24, 2.45) is 0 Å². The average molecular weight is 440 g/mol. The molecule has 30 heavy (non-hydrogen) atoms. The fraction of sp³-hybridized carbons (Fsp3) is 0.368. The van der Waals surface area contributed by atoms with Gasteiger partial charge in [0.1, 0.15) is 5.69 Å². The molecular weight excluding hydrogens is 421 g/mol. The highest BCUT2D eigenvalue weighted by Gasteiger charge is 2.36. The van der Waals surface area contributed by atoms with E-state index in [1.165, 1.54) is 25.3 Å². The van der Waals surface area contributed by atoms with E-state index in [2.05, 4.69) is 15.4 Å². The number of anilines is 2. The number of hydrogen-bond donors (Lipinski definition) is 2. The summed E-state index contributed by atoms with van der Waals surface area (Å²) in [5, 5.41) is 8.53. The Morgan fingerprint density at radius 2 is 1.93 bits per heavy atom. The summed E-state index contributed by atoms with van der Waals surface area (Å²) in [5.41, 5.74) is -0.105. The number of benzene rings is 1. The average Bonchev–Trinajstić information content (AvgIpc) is 3.09. The van der Waals surface area contributed by atoms with E-state index in [4.69, 9.17) is 4.74 Å². The van der Waals surface area contributed by atoms with Crippen LogP contribution >= 0.6 is 0 Å². The maximum atomic E-state index is 13.0. The van der Waals surface area contributed by atoms with Crippen molar-refractivity contribution in [3.63, 3.8) is 0 Å². The molecule has 4 rings (SSSR count). The molecule has 160 valence electrons. The van der Waals surface area contributed by atoms with E-state index in [0.717, 1.165) is 0 Å². The number of aromatic nitrogens is 3. The van der Waals surface area contributed by atoms with Gasteiger partial charge >= 0.3 is 6.18 Å². The number of aromatic amines is 1. The van der Waals surface area contributed by atoms with Crippen LogP contribution in [0.15, 0.2) is 35.4 Å². The van der Waals surface area contributed by atoms with Crippen molar-refractivity contribution in [1.82, 2.24) is 15.2 Å². The van der Waals surface area contributed by atoms with Crippen molar-refractivity contribution in [3.8, 4) is 0 Å². The second-order valence-electron chi connectivity index (χ2n) is 7.09. The van der Waals surface area contributed by atoms with Crippen LogP contribution in [0.5, 0.6) is 0 Å². The number of pyridine rings is 1. The number of nitrogens with zero attached hydrogens (tertiary/aromatic N) is 2. The normalized spacial score (nSPS) is 16.1. The van der Waals surface area contributed by atoms with Gasteiger partial charge in [0.05, 0.1) is 21.3 Å². The number of alkyl halides is 3. The molecular formula is C19H19F3N4O3S. The number of ether oxygens (including phenoxy) is 1. The molecule has 11 heteroatoms. The summed E-state index contributed by atoms with van der Waals surface area (Å²) in [6, 6.07) is 6.16. The molecule has 0 spiro atoms. The second-order valence-corrected chi connectivity index (χ2v) is 9.32. The van der Waals surface area contributed by atoms with Gasteiger partial charge in [0.2, 0.25) is 0 Å². The summed E-state index contributed by atoms with van der Waals surface area (Å²) in [6.07, 6.45) is -2.22. The molecule has 1 fully saturated rings. The molecule has 7 nitrogen and oxygen atoms in total. The van der Waals surface area contributed by atoms with Gasteiger partial charge < -0.3 is 10.1 Å². The second kappa shape index (κ2) is 7.55. The largest absolute Gasteiger partial charge is 0.433 e. The van der Waals surface area contributed by atoms with E-state index in [1.807, 2.05) is 5.10 Å². The first-order valence-corrected chi connectivity index (χ1v) is 10.8. The van der Waals surface area contributed by atoms with E-state index in [9.17, 15) is 21.6 Å². The summed E-state index contributed by atoms with van der Waals surface area (Å²) in [5.74, 6) is 0.00696. The first-order valence-electron chi connectivity index (χ1n) is 9.27. The Morgan fingerprint density at radius 1 is 1.20 bits per heavy atom. The third-order valence-corrected chi connectivity index (χ3v) is 7.46. The molecule has 0 bridgehead atoms. The van der Waals surface area contributed by atoms with Crippen LogP contribution in [0.3, 0.4) is 0 Å². The van der Waals surface area contributed by atoms with E-state index in [0.29, 0.717) is 42.6 Å². The summed E-state index contributed by atoms with van der Waals surface area (Å²) < 4.78 is 70.4. The molecule has 0 radical (unpaired) electrons. The molecule has 0 aliphatic carbocycles. The van der Waals surface area contributed by atoms with Crippen LogP contribution in [0.1, 0.15) is 24.1 Å². The predicted octanol–water partition coefficient (Wildman–Crippen LogP) is 3.98. The van der Waals surface area contributed by atoms with Crippen LogP contribution < -0.4 is 5.32 Å². The van der Waals surface area contributed by atoms with Gasteiger partial charge in [-0.1, -0.05) is 0 Å². The summed E-state index contributed by atoms with van der Waals surface area (Å²) in [4.78, 5) is 4.37. The zero-order valence-corrected chi connectivity index (χ0v) is 16.8. The zero-order valence-electron chi connectivity index (χ0n) is 16.0. The van der Waals surface area contributed by atoms with E-state index in [-0.39, 0.29) is 16.3 Å². The molecule has 1 saturated heterocycles. The molecule has 0 atom stereocenters. The van der Waals surface area contributed by atoms with Gasteiger partial charge in [-0.15, -0.1) is 0 Å². The Kier molecular flexibility index (Phi) is 5.18. The third kappa shape index (κ3) is 3.74. The summed E-state index contributed by atoms with van der Waals surface area (Å²) in [6.45, 7) is 2.09. The smallest absolute Gasteiger partial charge is 0.381 e. The van der Waals surface area contributed by atoms with Crippen LogP contribution in [0.2, 0.25) is 0 Å². The van der Waals surface area contributed by atoms with Crippen LogP contribution in [-0.4, -0.2) is 42.1 Å². The number of nitrogens with one attached hydrogen (secondary N) is 2. The molecule has 2 aromatic heterocycles. The fourth-order valence-corrected chi connectivity index (χ4v) is 5.25. The summed E-state index contributed by atoms with van der Waals surface area (Å²) in [7, 11) is -3.57. The van der Waals surface area contributed by atoms with E-state index >= 15 is 0 Å². The van der Waals surface area contributed by atoms with E-state index in [1.54, 1.807) is 12.1 Å². The van der Waals surface area contributed by atoms with Crippen molar-refractivity contribution in [3.05, 3.63) is 41.7 Å². The molecule has 0 saturated carbocycles. The van der Waals surface area contributed by atoms with Crippen molar-refractivity contribution < 1.29 is 26.3 Å². The van der Waals surface area contributed by atoms with Crippen molar-refractivity contribution in [1.29, 1.82) is 0 Å². The van der Waals surface area contributed by atoms with Gasteiger partial charge in [-0.2, -0.15) is 18.3 Å². The molecule has 3 aromatic rings. The number of fused-ring (bicyclic) bond motifs is 1. The molecule has 2 N–H and O–H groups in total. The highest BCUT2D eigenvalue weighted by atomic mass is 32.2. The lowest BCUT2D eigenvalue weighted by atomic mass is 10.2. The number of H-pyrrole nitrogens is 1. The monoisotopic (exact) mass is 440 g/mol. The lowest BCUT2D eigenvalue weighted by Gasteiger charge is -2.22. The minimum Gasteiger partial charge on any atom is -0.381 e. The molecule has 0 unspecified atom stereocenters. The molecule has 3 heterocycles. The maximum absolute atomic E-state index is 13.0. The van der Waals surface area contributed by atoms with Gasteiger partial charge in [-0.25, -0.2) is 8.42 Å². The van der Waals surface area contributed by atoms with Crippen molar-refractivity contribution in [2.45, 2.75) is 36.1 Å². The highest BCUT2D eigenvalue weighted by Crippen LogP contribution is 2.35. The van der Waals surface area contributed by atoms with Gasteiger partial charge in [0.25, 0.3) is 0 Å². The third-order valence-electron chi connectivity index (χ3n) is 5.19. The van der Waals surface area contributed by atoms with Crippen LogP contribution in [0.4, 0.5) is 24.7 Å². The Bertz CT molecular complexity index is 1190. The van der Waals surface area contributed by atoms with Crippen molar-refractivity contribution >= 4 is 32.2 Å². The van der Waals surface area contributed by atoms with Crippen molar-refractivity contribution in [2.75, 3.05) is 18.5 Å². The Morgan fingerprint density at radius 3 is 2.60 bits per heavy atom. The van der Waals surface area contributed by atoms with Gasteiger partial charge in [-0.05, 0) is 44.0 Å². The fourth-order valence-electron chi connectivity index (χ4n) is 3.51. The topological polar surface area (TPSA) is 97.0 Å². The number of sulfone groups is 1. The first-order chi connectivity index (χ1) is 14.2. The Balaban J connectivity index is 1.73. The molecule has 1 aliphatic heterocycles. The lowest BCUT2D eigenvalue weighted by molar-refractivity contribution is -0.141. The predicted molar refractivity (Wildman–Crippen MR) is 104 cm³/mol. The lowest BCUT2D eigenvalue weighted by Crippen LogP contribution is -2.28. The number of halogens is 3. The maximum Gasteiger partial charge on any atom is 0.433 e. The highest BCUT2D eigenvalue weighted by molar-refractivity contribution is 7.92. The van der Waals surface area contributed by atoms with Crippen LogP contribution in [-0.2, 0) is 20.8 Å². The number of hydrogen-bond acceptors (Lipinski definition) is 6. The van der Waals surface area contributed by atoms with Crippen LogP contribution in [0, 0.1) is 6.92 Å². The minimum absolute atomic E-state index is 0.00696. The number of rotatable bonds is 4. The zero-order chi connectivity index (χ0) is 21.5. The quantitative estimate of drug-likeness (QED) is 0.637. The molecule has 1 aliphatic rings. The molecule has 0 amide bonds. The standard InChI is InChI=1S/C19H19F3N4O3S/c1-11-17(19(20,21)22)25-26-18(11)24-16-4-7-23-15-3-2-13(10-14(15)16)30(27,28)12-5-8-29-9-6-12/h2-4,7,10,12H,5-6,8-9H2,1H3,(H2,23,24,25,26). The van der Waals surface area contributed by atoms with Gasteiger partial charge in [0.15, 0.2) is 15.7 Å². The minimum atomic E-state index is -4.55. The van der Waals surface area contributed by atoms with Crippen LogP contribution in [0.25, 0.3) is 10.9 Å². The van der Waals surface area contributed by atoms with E-state index < -0.39 is 27.0 Å². The van der Waals surface area contributed by atoms with Gasteiger partial charge in [0, 0.05) is 30.4 Å². The summed E-state index contributed by atoms with van der Waals surface area (Å²) >= 11 is 0. The first kappa shape index (κ1) is 20.6. The van der Waals surface area contributed by atoms with Gasteiger partial charge in [-0.3, -0.25) is 10.1 Å². The Labute approximate surface area is 170 Å². The molecule has 1 aromatic carbocycles.